The molecule has 0 spiro atoms. The molecule has 5 aromatic rings. The maximum absolute atomic E-state index is 12.5. The lowest BCUT2D eigenvalue weighted by atomic mass is 10.1. The Kier molecular flexibility index (Phi) is 3.87. The number of para-hydroxylation sites is 1. The summed E-state index contributed by atoms with van der Waals surface area (Å²) in [5.74, 6) is 0. The number of nitrogens with zero attached hydrogens (tertiary/aromatic N) is 4. The van der Waals surface area contributed by atoms with Gasteiger partial charge in [0.05, 0.1) is 16.9 Å². The molecule has 0 aliphatic heterocycles. The molecular formula is C21H13N5O3. The van der Waals surface area contributed by atoms with E-state index in [0.29, 0.717) is 22.5 Å². The van der Waals surface area contributed by atoms with E-state index in [4.69, 9.17) is 4.42 Å². The molecule has 0 unspecified atom stereocenters. The second-order valence-electron chi connectivity index (χ2n) is 6.30. The highest BCUT2D eigenvalue weighted by Gasteiger charge is 2.16. The molecule has 140 valence electrons. The van der Waals surface area contributed by atoms with Crippen molar-refractivity contribution in [1.29, 1.82) is 0 Å². The molecule has 0 radical (unpaired) electrons. The first-order chi connectivity index (χ1) is 14.2. The van der Waals surface area contributed by atoms with Crippen LogP contribution in [0.4, 0.5) is 11.4 Å². The van der Waals surface area contributed by atoms with E-state index in [-0.39, 0.29) is 11.3 Å². The predicted molar refractivity (Wildman–Crippen MR) is 108 cm³/mol. The highest BCUT2D eigenvalue weighted by Crippen LogP contribution is 2.24. The minimum absolute atomic E-state index is 0.0564. The molecule has 0 fully saturated rings. The number of aromatic amines is 1. The zero-order valence-corrected chi connectivity index (χ0v) is 14.9. The molecule has 5 rings (SSSR count). The number of nitrogens with one attached hydrogen (secondary N) is 1. The van der Waals surface area contributed by atoms with E-state index in [1.165, 1.54) is 10.7 Å². The molecule has 0 saturated carbocycles. The van der Waals surface area contributed by atoms with E-state index in [1.807, 2.05) is 30.3 Å². The van der Waals surface area contributed by atoms with Crippen LogP contribution in [-0.2, 0) is 0 Å². The number of benzene rings is 2. The van der Waals surface area contributed by atoms with Crippen molar-refractivity contribution in [2.45, 2.75) is 0 Å². The third-order valence-corrected chi connectivity index (χ3v) is 4.46. The second kappa shape index (κ2) is 6.68. The lowest BCUT2D eigenvalue weighted by molar-refractivity contribution is 0.562. The Bertz CT molecular complexity index is 1500. The fourth-order valence-electron chi connectivity index (χ4n) is 3.10. The minimum atomic E-state index is -0.516. The van der Waals surface area contributed by atoms with E-state index in [0.717, 1.165) is 5.39 Å². The molecule has 2 aromatic carbocycles. The monoisotopic (exact) mass is 383 g/mol. The number of aromatic nitrogens is 3. The summed E-state index contributed by atoms with van der Waals surface area (Å²) in [6.07, 6.45) is 1.51. The zero-order chi connectivity index (χ0) is 19.8. The third kappa shape index (κ3) is 2.92. The summed E-state index contributed by atoms with van der Waals surface area (Å²) in [5.41, 5.74) is 1.18. The molecule has 0 aliphatic rings. The Morgan fingerprint density at radius 3 is 2.59 bits per heavy atom. The summed E-state index contributed by atoms with van der Waals surface area (Å²) in [4.78, 5) is 29.3. The van der Waals surface area contributed by atoms with Gasteiger partial charge in [0.25, 0.3) is 5.56 Å². The van der Waals surface area contributed by atoms with E-state index < -0.39 is 11.2 Å². The molecule has 29 heavy (non-hydrogen) atoms. The number of hydrogen-bond acceptors (Lipinski definition) is 6. The maximum Gasteiger partial charge on any atom is 0.345 e. The topological polar surface area (TPSA) is 105 Å². The number of H-pyrrole nitrogens is 1. The molecule has 3 aromatic heterocycles. The molecule has 0 saturated heterocycles. The Hall–Kier alpha value is -4.33. The van der Waals surface area contributed by atoms with Crippen molar-refractivity contribution < 1.29 is 4.42 Å². The van der Waals surface area contributed by atoms with Gasteiger partial charge in [-0.2, -0.15) is 5.11 Å². The molecule has 8 nitrogen and oxygen atoms in total. The summed E-state index contributed by atoms with van der Waals surface area (Å²) < 4.78 is 6.83. The molecule has 0 amide bonds. The Morgan fingerprint density at radius 2 is 1.72 bits per heavy atom. The molecule has 1 N–H and O–H groups in total. The van der Waals surface area contributed by atoms with Gasteiger partial charge in [0.1, 0.15) is 5.58 Å². The number of hydrogen-bond donors (Lipinski definition) is 1. The Morgan fingerprint density at radius 1 is 0.931 bits per heavy atom. The van der Waals surface area contributed by atoms with Crippen molar-refractivity contribution in [3.63, 3.8) is 0 Å². The van der Waals surface area contributed by atoms with Crippen LogP contribution in [0.25, 0.3) is 27.9 Å². The van der Waals surface area contributed by atoms with Crippen LogP contribution >= 0.6 is 0 Å². The normalized spacial score (nSPS) is 11.6. The van der Waals surface area contributed by atoms with Crippen LogP contribution in [0.1, 0.15) is 0 Å². The molecule has 0 atom stereocenters. The standard InChI is InChI=1S/C21H13N5O3/c27-20-18(24-23-14-7-2-1-3-8-14)19-22-11-10-16(26(19)25-20)15-12-13-6-4-5-9-17(13)29-21(15)28/h1-12H,(H,25,27). The fraction of sp³-hybridized carbons (Fsp3) is 0. The molecule has 8 heteroatoms. The van der Waals surface area contributed by atoms with Crippen molar-refractivity contribution in [1.82, 2.24) is 14.6 Å². The van der Waals surface area contributed by atoms with Gasteiger partial charge in [0, 0.05) is 11.6 Å². The summed E-state index contributed by atoms with van der Waals surface area (Å²) in [7, 11) is 0. The first-order valence-corrected chi connectivity index (χ1v) is 8.80. The number of fused-ring (bicyclic) bond motifs is 2. The largest absolute Gasteiger partial charge is 0.422 e. The van der Waals surface area contributed by atoms with E-state index in [2.05, 4.69) is 20.3 Å². The van der Waals surface area contributed by atoms with E-state index in [1.54, 1.807) is 36.4 Å². The SMILES string of the molecule is O=c1[nH]n2c(-c3cc4ccccc4oc3=O)ccnc2c1N=Nc1ccccc1. The first kappa shape index (κ1) is 16.8. The van der Waals surface area contributed by atoms with Crippen molar-refractivity contribution in [3.05, 3.63) is 93.7 Å². The quantitative estimate of drug-likeness (QED) is 0.372. The summed E-state index contributed by atoms with van der Waals surface area (Å²) in [5, 5.41) is 11.6. The van der Waals surface area contributed by atoms with Crippen molar-refractivity contribution >= 4 is 28.0 Å². The van der Waals surface area contributed by atoms with Crippen LogP contribution in [0.2, 0.25) is 0 Å². The van der Waals surface area contributed by atoms with Crippen molar-refractivity contribution in [3.8, 4) is 11.3 Å². The molecular weight excluding hydrogens is 370 g/mol. The van der Waals surface area contributed by atoms with Gasteiger partial charge < -0.3 is 4.42 Å². The van der Waals surface area contributed by atoms with Crippen LogP contribution in [0, 0.1) is 0 Å². The smallest absolute Gasteiger partial charge is 0.345 e. The minimum Gasteiger partial charge on any atom is -0.422 e. The van der Waals surface area contributed by atoms with Gasteiger partial charge in [-0.25, -0.2) is 14.3 Å². The van der Waals surface area contributed by atoms with E-state index >= 15 is 0 Å². The van der Waals surface area contributed by atoms with Gasteiger partial charge in [-0.15, -0.1) is 5.11 Å². The summed E-state index contributed by atoms with van der Waals surface area (Å²) >= 11 is 0. The molecule has 3 heterocycles. The second-order valence-corrected chi connectivity index (χ2v) is 6.30. The average molecular weight is 383 g/mol. The highest BCUT2D eigenvalue weighted by atomic mass is 16.4. The zero-order valence-electron chi connectivity index (χ0n) is 14.9. The van der Waals surface area contributed by atoms with Gasteiger partial charge in [-0.1, -0.05) is 36.4 Å². The fourth-order valence-corrected chi connectivity index (χ4v) is 3.10. The van der Waals surface area contributed by atoms with Crippen LogP contribution in [0.5, 0.6) is 0 Å². The number of rotatable bonds is 3. The highest BCUT2D eigenvalue weighted by molar-refractivity contribution is 5.81. The van der Waals surface area contributed by atoms with Crippen LogP contribution in [-0.4, -0.2) is 14.6 Å². The predicted octanol–water partition coefficient (Wildman–Crippen LogP) is 4.21. The van der Waals surface area contributed by atoms with Crippen molar-refractivity contribution in [2.75, 3.05) is 0 Å². The van der Waals surface area contributed by atoms with Crippen molar-refractivity contribution in [2.24, 2.45) is 10.2 Å². The summed E-state index contributed by atoms with van der Waals surface area (Å²) in [6.45, 7) is 0. The maximum atomic E-state index is 12.5. The molecule has 0 aliphatic carbocycles. The lowest BCUT2D eigenvalue weighted by Gasteiger charge is -2.05. The van der Waals surface area contributed by atoms with Gasteiger partial charge in [0.2, 0.25) is 0 Å². The lowest BCUT2D eigenvalue weighted by Crippen LogP contribution is -2.08. The molecule has 0 bridgehead atoms. The van der Waals surface area contributed by atoms with E-state index in [9.17, 15) is 9.59 Å². The van der Waals surface area contributed by atoms with Gasteiger partial charge >= 0.3 is 5.63 Å². The van der Waals surface area contributed by atoms with Crippen LogP contribution in [0.15, 0.2) is 97.2 Å². The summed E-state index contributed by atoms with van der Waals surface area (Å²) in [6, 6.07) is 19.6. The Labute approximate surface area is 162 Å². The number of azo groups is 1. The van der Waals surface area contributed by atoms with Gasteiger partial charge in [0.15, 0.2) is 11.3 Å². The van der Waals surface area contributed by atoms with Gasteiger partial charge in [-0.3, -0.25) is 9.89 Å². The average Bonchev–Trinajstić information content (AvgIpc) is 3.07. The first-order valence-electron chi connectivity index (χ1n) is 8.80. The van der Waals surface area contributed by atoms with Crippen LogP contribution < -0.4 is 11.2 Å². The van der Waals surface area contributed by atoms with Crippen LogP contribution in [0.3, 0.4) is 0 Å². The Balaban J connectivity index is 1.70. The van der Waals surface area contributed by atoms with Gasteiger partial charge in [-0.05, 0) is 30.3 Å². The third-order valence-electron chi connectivity index (χ3n) is 4.46.